The van der Waals surface area contributed by atoms with Crippen LogP contribution in [-0.2, 0) is 4.79 Å². The van der Waals surface area contributed by atoms with Crippen LogP contribution in [0.15, 0.2) is 30.3 Å². The number of aromatic nitrogens is 3. The molecule has 0 atom stereocenters. The topological polar surface area (TPSA) is 103 Å². The third kappa shape index (κ3) is 4.31. The summed E-state index contributed by atoms with van der Waals surface area (Å²) >= 11 is 0. The highest BCUT2D eigenvalue weighted by molar-refractivity contribution is 5.72. The molecule has 1 aliphatic rings. The summed E-state index contributed by atoms with van der Waals surface area (Å²) in [5.41, 5.74) is 0.859. The van der Waals surface area contributed by atoms with Crippen molar-refractivity contribution in [3.8, 4) is 0 Å². The maximum atomic E-state index is 10.8. The van der Waals surface area contributed by atoms with Crippen LogP contribution in [0, 0.1) is 0 Å². The second kappa shape index (κ2) is 7.58. The smallest absolute Gasteiger partial charge is 0.322 e. The van der Waals surface area contributed by atoms with Crippen LogP contribution in [0.4, 0.5) is 23.5 Å². The predicted octanol–water partition coefficient (Wildman–Crippen LogP) is 2.10. The van der Waals surface area contributed by atoms with Crippen LogP contribution in [0.2, 0.25) is 0 Å². The van der Waals surface area contributed by atoms with Gasteiger partial charge in [-0.15, -0.1) is 0 Å². The maximum Gasteiger partial charge on any atom is 0.322 e. The molecule has 1 aromatic heterocycles. The van der Waals surface area contributed by atoms with Gasteiger partial charge in [-0.2, -0.15) is 15.0 Å². The molecule has 0 amide bonds. The van der Waals surface area contributed by atoms with Gasteiger partial charge in [0.25, 0.3) is 0 Å². The van der Waals surface area contributed by atoms with Crippen LogP contribution in [0.1, 0.15) is 19.3 Å². The largest absolute Gasteiger partial charge is 0.480 e. The van der Waals surface area contributed by atoms with Crippen molar-refractivity contribution in [1.82, 2.24) is 15.0 Å². The van der Waals surface area contributed by atoms with E-state index in [4.69, 9.17) is 5.11 Å². The molecule has 0 saturated carbocycles. The average Bonchev–Trinajstić information content (AvgIpc) is 2.61. The van der Waals surface area contributed by atoms with Gasteiger partial charge in [-0.25, -0.2) is 0 Å². The third-order valence-corrected chi connectivity index (χ3v) is 3.69. The van der Waals surface area contributed by atoms with Crippen molar-refractivity contribution in [3.05, 3.63) is 30.3 Å². The van der Waals surface area contributed by atoms with Gasteiger partial charge >= 0.3 is 5.97 Å². The van der Waals surface area contributed by atoms with Crippen molar-refractivity contribution < 1.29 is 9.90 Å². The molecule has 8 heteroatoms. The number of benzene rings is 1. The molecule has 0 radical (unpaired) electrons. The minimum atomic E-state index is -0.965. The summed E-state index contributed by atoms with van der Waals surface area (Å²) in [7, 11) is 0. The maximum absolute atomic E-state index is 10.8. The normalized spacial score (nSPS) is 14.2. The SMILES string of the molecule is O=C(O)CNc1nc(Nc2ccccc2)nc(N2CCCCC2)n1. The lowest BCUT2D eigenvalue weighted by atomic mass is 10.1. The first-order chi connectivity index (χ1) is 11.7. The Morgan fingerprint density at radius 2 is 1.75 bits per heavy atom. The molecule has 0 spiro atoms. The number of carboxylic acid groups (broad SMARTS) is 1. The molecular weight excluding hydrogens is 308 g/mol. The number of anilines is 4. The van der Waals surface area contributed by atoms with Crippen LogP contribution >= 0.6 is 0 Å². The summed E-state index contributed by atoms with van der Waals surface area (Å²) in [4.78, 5) is 26.0. The van der Waals surface area contributed by atoms with Crippen molar-refractivity contribution in [2.75, 3.05) is 35.2 Å². The van der Waals surface area contributed by atoms with E-state index < -0.39 is 5.97 Å². The van der Waals surface area contributed by atoms with Crippen LogP contribution in [-0.4, -0.2) is 45.7 Å². The molecule has 1 aromatic carbocycles. The van der Waals surface area contributed by atoms with Gasteiger partial charge in [-0.1, -0.05) is 18.2 Å². The zero-order valence-corrected chi connectivity index (χ0v) is 13.3. The van der Waals surface area contributed by atoms with E-state index >= 15 is 0 Å². The van der Waals surface area contributed by atoms with Crippen LogP contribution < -0.4 is 15.5 Å². The first kappa shape index (κ1) is 16.0. The number of nitrogens with zero attached hydrogens (tertiary/aromatic N) is 4. The van der Waals surface area contributed by atoms with E-state index in [1.54, 1.807) is 0 Å². The lowest BCUT2D eigenvalue weighted by Gasteiger charge is -2.27. The Morgan fingerprint density at radius 1 is 1.04 bits per heavy atom. The van der Waals surface area contributed by atoms with Gasteiger partial charge in [-0.05, 0) is 31.4 Å². The summed E-state index contributed by atoms with van der Waals surface area (Å²) in [6.07, 6.45) is 3.41. The number of carbonyl (C=O) groups is 1. The fourth-order valence-corrected chi connectivity index (χ4v) is 2.54. The summed E-state index contributed by atoms with van der Waals surface area (Å²) in [5.74, 6) is 0.250. The number of para-hydroxylation sites is 1. The molecule has 1 saturated heterocycles. The zero-order chi connectivity index (χ0) is 16.8. The van der Waals surface area contributed by atoms with Crippen LogP contribution in [0.3, 0.4) is 0 Å². The first-order valence-electron chi connectivity index (χ1n) is 7.99. The summed E-state index contributed by atoms with van der Waals surface area (Å²) in [6, 6.07) is 9.58. The number of aliphatic carboxylic acids is 1. The standard InChI is InChI=1S/C16H20N6O2/c23-13(24)11-17-14-19-15(18-12-7-3-1-4-8-12)21-16(20-14)22-9-5-2-6-10-22/h1,3-4,7-8H,2,5-6,9-11H2,(H,23,24)(H2,17,18,19,20,21). The molecule has 0 bridgehead atoms. The first-order valence-corrected chi connectivity index (χ1v) is 7.99. The fourth-order valence-electron chi connectivity index (χ4n) is 2.54. The monoisotopic (exact) mass is 328 g/mol. The number of nitrogens with one attached hydrogen (secondary N) is 2. The van der Waals surface area contributed by atoms with Gasteiger partial charge in [-0.3, -0.25) is 4.79 Å². The van der Waals surface area contributed by atoms with Gasteiger partial charge < -0.3 is 20.6 Å². The molecule has 126 valence electrons. The lowest BCUT2D eigenvalue weighted by molar-refractivity contribution is -0.134. The van der Waals surface area contributed by atoms with E-state index in [1.807, 2.05) is 30.3 Å². The van der Waals surface area contributed by atoms with Crippen molar-refractivity contribution >= 4 is 29.5 Å². The van der Waals surface area contributed by atoms with Crippen molar-refractivity contribution in [2.45, 2.75) is 19.3 Å². The summed E-state index contributed by atoms with van der Waals surface area (Å²) < 4.78 is 0. The summed E-state index contributed by atoms with van der Waals surface area (Å²) in [5, 5.41) is 14.7. The average molecular weight is 328 g/mol. The van der Waals surface area contributed by atoms with Gasteiger partial charge in [0.05, 0.1) is 0 Å². The molecule has 1 aliphatic heterocycles. The second-order valence-corrected chi connectivity index (χ2v) is 5.57. The highest BCUT2D eigenvalue weighted by Crippen LogP contribution is 2.20. The highest BCUT2D eigenvalue weighted by atomic mass is 16.4. The van der Waals surface area contributed by atoms with E-state index in [0.717, 1.165) is 31.6 Å². The highest BCUT2D eigenvalue weighted by Gasteiger charge is 2.16. The number of piperidine rings is 1. The van der Waals surface area contributed by atoms with Gasteiger partial charge in [0, 0.05) is 18.8 Å². The minimum Gasteiger partial charge on any atom is -0.480 e. The summed E-state index contributed by atoms with van der Waals surface area (Å²) in [6.45, 7) is 1.55. The van der Waals surface area contributed by atoms with Crippen LogP contribution in [0.5, 0.6) is 0 Å². The molecule has 2 aromatic rings. The quantitative estimate of drug-likeness (QED) is 0.741. The Bertz CT molecular complexity index is 688. The fraction of sp³-hybridized carbons (Fsp3) is 0.375. The van der Waals surface area contributed by atoms with Crippen molar-refractivity contribution in [1.29, 1.82) is 0 Å². The molecule has 3 N–H and O–H groups in total. The molecule has 1 fully saturated rings. The molecule has 24 heavy (non-hydrogen) atoms. The van der Waals surface area contributed by atoms with Gasteiger partial charge in [0.15, 0.2) is 0 Å². The molecular formula is C16H20N6O2. The van der Waals surface area contributed by atoms with Crippen molar-refractivity contribution in [3.63, 3.8) is 0 Å². The number of carboxylic acids is 1. The number of rotatable bonds is 6. The Hall–Kier alpha value is -2.90. The van der Waals surface area contributed by atoms with E-state index in [2.05, 4.69) is 30.5 Å². The predicted molar refractivity (Wildman–Crippen MR) is 91.7 cm³/mol. The number of hydrogen-bond donors (Lipinski definition) is 3. The third-order valence-electron chi connectivity index (χ3n) is 3.69. The Kier molecular flexibility index (Phi) is 5.05. The van der Waals surface area contributed by atoms with Crippen molar-refractivity contribution in [2.24, 2.45) is 0 Å². The molecule has 0 unspecified atom stereocenters. The van der Waals surface area contributed by atoms with E-state index in [-0.39, 0.29) is 12.5 Å². The Balaban J connectivity index is 1.85. The molecule has 3 rings (SSSR count). The van der Waals surface area contributed by atoms with Crippen LogP contribution in [0.25, 0.3) is 0 Å². The van der Waals surface area contributed by atoms with E-state index in [0.29, 0.717) is 11.9 Å². The van der Waals surface area contributed by atoms with E-state index in [1.165, 1.54) is 6.42 Å². The van der Waals surface area contributed by atoms with Gasteiger partial charge in [0.2, 0.25) is 17.8 Å². The molecule has 8 nitrogen and oxygen atoms in total. The minimum absolute atomic E-state index is 0.242. The number of hydrogen-bond acceptors (Lipinski definition) is 7. The second-order valence-electron chi connectivity index (χ2n) is 5.57. The molecule has 0 aliphatic carbocycles. The lowest BCUT2D eigenvalue weighted by Crippen LogP contribution is -2.31. The van der Waals surface area contributed by atoms with Gasteiger partial charge in [0.1, 0.15) is 6.54 Å². The Labute approximate surface area is 140 Å². The zero-order valence-electron chi connectivity index (χ0n) is 13.3. The molecule has 2 heterocycles. The Morgan fingerprint density at radius 3 is 2.46 bits per heavy atom. The van der Waals surface area contributed by atoms with E-state index in [9.17, 15) is 4.79 Å².